The molecular weight excluding hydrogens is 124 g/mol. The smallest absolute Gasteiger partial charge is 0.127 e. The monoisotopic (exact) mass is 136 g/mol. The molecule has 0 amide bonds. The molecule has 0 saturated heterocycles. The Morgan fingerprint density at radius 2 is 2.00 bits per heavy atom. The molecule has 0 aromatic rings. The van der Waals surface area contributed by atoms with Crippen LogP contribution < -0.4 is 0 Å². The van der Waals surface area contributed by atoms with Crippen LogP contribution in [0.4, 0.5) is 0 Å². The number of carbonyl (C=O) groups excluding carboxylic acids is 1. The fraction of sp³-hybridized carbons (Fsp3) is 0.444. The second kappa shape index (κ2) is 4.04. The molecule has 0 aromatic carbocycles. The van der Waals surface area contributed by atoms with Gasteiger partial charge < -0.3 is 4.79 Å². The zero-order valence-corrected chi connectivity index (χ0v) is 5.99. The highest BCUT2D eigenvalue weighted by molar-refractivity contribution is 5.56. The fourth-order valence-corrected chi connectivity index (χ4v) is 1.01. The predicted molar refractivity (Wildman–Crippen MR) is 41.7 cm³/mol. The topological polar surface area (TPSA) is 17.1 Å². The molecule has 0 aromatic heterocycles. The van der Waals surface area contributed by atoms with Crippen molar-refractivity contribution in [1.82, 2.24) is 0 Å². The van der Waals surface area contributed by atoms with Gasteiger partial charge in [-0.05, 0) is 19.3 Å². The Hall–Kier alpha value is -0.850. The first kappa shape index (κ1) is 7.26. The minimum absolute atomic E-state index is 0.122. The summed E-state index contributed by atoms with van der Waals surface area (Å²) in [6.45, 7) is 0. The molecule has 0 radical (unpaired) electrons. The molecule has 0 N–H and O–H groups in total. The molecule has 0 fully saturated rings. The van der Waals surface area contributed by atoms with Gasteiger partial charge in [-0.15, -0.1) is 0 Å². The molecular formula is C9H12O. The van der Waals surface area contributed by atoms with Crippen molar-refractivity contribution in [3.63, 3.8) is 0 Å². The Bertz CT molecular complexity index is 156. The Balaban J connectivity index is 2.48. The lowest BCUT2D eigenvalue weighted by Gasteiger charge is -2.01. The summed E-state index contributed by atoms with van der Waals surface area (Å²) in [4.78, 5) is 10.3. The van der Waals surface area contributed by atoms with E-state index in [1.54, 1.807) is 0 Å². The lowest BCUT2D eigenvalue weighted by Crippen LogP contribution is -1.96. The summed E-state index contributed by atoms with van der Waals surface area (Å²) in [5.41, 5.74) is 0. The van der Waals surface area contributed by atoms with Crippen LogP contribution in [0.15, 0.2) is 24.3 Å². The fourth-order valence-electron chi connectivity index (χ4n) is 1.01. The van der Waals surface area contributed by atoms with Crippen molar-refractivity contribution < 1.29 is 4.79 Å². The minimum Gasteiger partial charge on any atom is -0.303 e. The average molecular weight is 136 g/mol. The average Bonchev–Trinajstić information content (AvgIpc) is 1.87. The highest BCUT2D eigenvalue weighted by Crippen LogP contribution is 2.08. The van der Waals surface area contributed by atoms with Crippen LogP contribution >= 0.6 is 0 Å². The van der Waals surface area contributed by atoms with Gasteiger partial charge in [0.25, 0.3) is 0 Å². The summed E-state index contributed by atoms with van der Waals surface area (Å²) < 4.78 is 0. The summed E-state index contributed by atoms with van der Waals surface area (Å²) in [5, 5.41) is 0. The van der Waals surface area contributed by atoms with E-state index in [9.17, 15) is 4.79 Å². The molecule has 10 heavy (non-hydrogen) atoms. The second-order valence-corrected chi connectivity index (χ2v) is 2.51. The van der Waals surface area contributed by atoms with Gasteiger partial charge >= 0.3 is 0 Å². The summed E-state index contributed by atoms with van der Waals surface area (Å²) in [6, 6.07) is 0. The van der Waals surface area contributed by atoms with E-state index in [1.807, 2.05) is 6.08 Å². The lowest BCUT2D eigenvalue weighted by molar-refractivity contribution is -0.109. The van der Waals surface area contributed by atoms with Crippen LogP contribution in [0.25, 0.3) is 0 Å². The van der Waals surface area contributed by atoms with Gasteiger partial charge in [0.1, 0.15) is 6.29 Å². The van der Waals surface area contributed by atoms with Crippen LogP contribution in [-0.2, 0) is 4.79 Å². The number of allylic oxidation sites excluding steroid dienone is 4. The zero-order chi connectivity index (χ0) is 7.23. The highest BCUT2D eigenvalue weighted by atomic mass is 16.1. The third-order valence-corrected chi connectivity index (χ3v) is 1.63. The standard InChI is InChI=1S/C9H12O/c10-8-9-6-4-2-1-3-5-7-9/h2,4-5,7-9H,1,3,6H2/b4-2-,7-5-. The van der Waals surface area contributed by atoms with E-state index in [0.29, 0.717) is 0 Å². The van der Waals surface area contributed by atoms with E-state index in [1.165, 1.54) is 0 Å². The van der Waals surface area contributed by atoms with E-state index in [2.05, 4.69) is 18.2 Å². The first-order valence-corrected chi connectivity index (χ1v) is 3.70. The van der Waals surface area contributed by atoms with Gasteiger partial charge in [-0.1, -0.05) is 24.3 Å². The number of rotatable bonds is 1. The molecule has 0 saturated carbocycles. The third-order valence-electron chi connectivity index (χ3n) is 1.63. The lowest BCUT2D eigenvalue weighted by atomic mass is 10.0. The molecule has 1 aliphatic carbocycles. The Kier molecular flexibility index (Phi) is 2.94. The van der Waals surface area contributed by atoms with Crippen molar-refractivity contribution in [2.75, 3.05) is 0 Å². The van der Waals surface area contributed by atoms with Crippen LogP contribution in [0.2, 0.25) is 0 Å². The quantitative estimate of drug-likeness (QED) is 0.398. The van der Waals surface area contributed by atoms with Gasteiger partial charge in [0.15, 0.2) is 0 Å². The van der Waals surface area contributed by atoms with Crippen molar-refractivity contribution in [2.24, 2.45) is 5.92 Å². The Morgan fingerprint density at radius 1 is 1.20 bits per heavy atom. The number of hydrogen-bond acceptors (Lipinski definition) is 1. The molecule has 1 heteroatoms. The van der Waals surface area contributed by atoms with Crippen molar-refractivity contribution in [3.05, 3.63) is 24.3 Å². The molecule has 1 atom stereocenters. The van der Waals surface area contributed by atoms with Crippen molar-refractivity contribution in [3.8, 4) is 0 Å². The molecule has 1 nitrogen and oxygen atoms in total. The SMILES string of the molecule is O=CC1/C=C\CC/C=C\C1. The summed E-state index contributed by atoms with van der Waals surface area (Å²) in [7, 11) is 0. The summed E-state index contributed by atoms with van der Waals surface area (Å²) in [6.07, 6.45) is 12.4. The van der Waals surface area contributed by atoms with Crippen LogP contribution in [0.5, 0.6) is 0 Å². The first-order chi connectivity index (χ1) is 4.93. The van der Waals surface area contributed by atoms with Gasteiger partial charge in [-0.25, -0.2) is 0 Å². The Morgan fingerprint density at radius 3 is 2.80 bits per heavy atom. The third kappa shape index (κ3) is 2.18. The summed E-state index contributed by atoms with van der Waals surface area (Å²) >= 11 is 0. The van der Waals surface area contributed by atoms with Crippen LogP contribution in [0, 0.1) is 5.92 Å². The summed E-state index contributed by atoms with van der Waals surface area (Å²) in [5.74, 6) is 0.122. The van der Waals surface area contributed by atoms with Crippen LogP contribution in [-0.4, -0.2) is 6.29 Å². The van der Waals surface area contributed by atoms with E-state index in [-0.39, 0.29) is 5.92 Å². The number of carbonyl (C=O) groups is 1. The molecule has 1 unspecified atom stereocenters. The molecule has 1 rings (SSSR count). The predicted octanol–water partition coefficient (Wildman–Crippen LogP) is 2.10. The van der Waals surface area contributed by atoms with E-state index < -0.39 is 0 Å². The molecule has 0 bridgehead atoms. The van der Waals surface area contributed by atoms with Gasteiger partial charge in [-0.3, -0.25) is 0 Å². The van der Waals surface area contributed by atoms with Gasteiger partial charge in [0.2, 0.25) is 0 Å². The largest absolute Gasteiger partial charge is 0.303 e. The van der Waals surface area contributed by atoms with Crippen molar-refractivity contribution in [2.45, 2.75) is 19.3 Å². The van der Waals surface area contributed by atoms with Gasteiger partial charge in [0.05, 0.1) is 0 Å². The normalized spacial score (nSPS) is 31.8. The first-order valence-electron chi connectivity index (χ1n) is 3.70. The highest BCUT2D eigenvalue weighted by Gasteiger charge is 1.99. The van der Waals surface area contributed by atoms with Crippen molar-refractivity contribution >= 4 is 6.29 Å². The van der Waals surface area contributed by atoms with Crippen molar-refractivity contribution in [1.29, 1.82) is 0 Å². The molecule has 0 heterocycles. The maximum atomic E-state index is 10.3. The van der Waals surface area contributed by atoms with Crippen LogP contribution in [0.1, 0.15) is 19.3 Å². The molecule has 0 aliphatic heterocycles. The van der Waals surface area contributed by atoms with Crippen LogP contribution in [0.3, 0.4) is 0 Å². The van der Waals surface area contributed by atoms with Gasteiger partial charge in [0, 0.05) is 5.92 Å². The maximum absolute atomic E-state index is 10.3. The van der Waals surface area contributed by atoms with E-state index in [4.69, 9.17) is 0 Å². The minimum atomic E-state index is 0.122. The zero-order valence-electron chi connectivity index (χ0n) is 5.99. The maximum Gasteiger partial charge on any atom is 0.127 e. The molecule has 0 spiro atoms. The second-order valence-electron chi connectivity index (χ2n) is 2.51. The van der Waals surface area contributed by atoms with E-state index in [0.717, 1.165) is 25.5 Å². The van der Waals surface area contributed by atoms with E-state index >= 15 is 0 Å². The number of hydrogen-bond donors (Lipinski definition) is 0. The molecule has 54 valence electrons. The number of aldehydes is 1. The molecule has 1 aliphatic rings. The van der Waals surface area contributed by atoms with Gasteiger partial charge in [-0.2, -0.15) is 0 Å². The Labute approximate surface area is 61.4 Å².